The molecule has 2 aromatic rings. The van der Waals surface area contributed by atoms with E-state index in [2.05, 4.69) is 10.6 Å². The first kappa shape index (κ1) is 47.4. The molecule has 2 bridgehead atoms. The van der Waals surface area contributed by atoms with Crippen molar-refractivity contribution in [3.63, 3.8) is 0 Å². The van der Waals surface area contributed by atoms with Crippen LogP contribution in [0.1, 0.15) is 164 Å². The molecule has 4 atom stereocenters. The van der Waals surface area contributed by atoms with Crippen molar-refractivity contribution in [1.82, 2.24) is 19.6 Å². The minimum Gasteiger partial charge on any atom is -0.443 e. The normalized spacial score (nSPS) is 22.1. The first-order valence-electron chi connectivity index (χ1n) is 22.6. The summed E-state index contributed by atoms with van der Waals surface area (Å²) in [6, 6.07) is 5.22. The number of anilines is 2. The summed E-state index contributed by atoms with van der Waals surface area (Å²) >= 11 is 0. The average molecular weight is 901 g/mol. The number of hydrogen-bond acceptors (Lipinski definition) is 14. The lowest BCUT2D eigenvalue weighted by Crippen LogP contribution is -2.56. The maximum atomic E-state index is 13.5. The third-order valence-corrected chi connectivity index (χ3v) is 12.4. The van der Waals surface area contributed by atoms with Gasteiger partial charge in [-0.05, 0) is 102 Å². The predicted octanol–water partition coefficient (Wildman–Crippen LogP) is 5.81. The highest BCUT2D eigenvalue weighted by atomic mass is 16.6. The number of piperidine rings is 2. The van der Waals surface area contributed by atoms with Gasteiger partial charge in [-0.15, -0.1) is 0 Å². The maximum absolute atomic E-state index is 13.5. The zero-order chi connectivity index (χ0) is 47.1. The van der Waals surface area contributed by atoms with E-state index >= 15 is 0 Å². The van der Waals surface area contributed by atoms with Gasteiger partial charge in [-0.1, -0.05) is 43.9 Å². The number of benzene rings is 2. The van der Waals surface area contributed by atoms with Crippen LogP contribution in [0.15, 0.2) is 24.3 Å². The van der Waals surface area contributed by atoms with Crippen molar-refractivity contribution in [3.05, 3.63) is 57.6 Å². The quantitative estimate of drug-likeness (QED) is 0.117. The lowest BCUT2D eigenvalue weighted by molar-refractivity contribution is -0.157. The summed E-state index contributed by atoms with van der Waals surface area (Å²) in [5, 5.41) is 28.7. The van der Waals surface area contributed by atoms with Gasteiger partial charge in [0.1, 0.15) is 23.7 Å². The van der Waals surface area contributed by atoms with Gasteiger partial charge in [0, 0.05) is 61.3 Å². The van der Waals surface area contributed by atoms with Crippen molar-refractivity contribution in [2.75, 3.05) is 10.6 Å². The Morgan fingerprint density at radius 1 is 0.662 bits per heavy atom. The van der Waals surface area contributed by atoms with Gasteiger partial charge >= 0.3 is 12.2 Å². The standard InChI is InChI=1S/C47H60N6O12/c1-46(2,3)64-44(62)52-36(56)20-18-32(41(52)59)50-24-29-28(40(50)58)14-13-15-31(29)48-34(54)16-11-9-7-8-10-12-17-35(55)49-39-27-22-26(23-27)38-30(39)25-51(43(38)61)33-19-21-37(57)53(42(33)60)45(63)65-47(4,5)6/h13-15,22,32-33,40,43,58,61H,7-12,16-21,23-25H2,1-6H3,(H,48,54)(H,49,55). The zero-order valence-corrected chi connectivity index (χ0v) is 38.0. The average Bonchev–Trinajstić information content (AvgIpc) is 3.71. The van der Waals surface area contributed by atoms with Crippen LogP contribution in [0.2, 0.25) is 0 Å². The molecule has 2 fully saturated rings. The van der Waals surface area contributed by atoms with Gasteiger partial charge < -0.3 is 30.3 Å². The molecule has 4 unspecified atom stereocenters. The molecule has 4 heterocycles. The van der Waals surface area contributed by atoms with Crippen LogP contribution in [-0.2, 0) is 57.8 Å². The molecule has 0 radical (unpaired) electrons. The first-order valence-corrected chi connectivity index (χ1v) is 22.6. The zero-order valence-electron chi connectivity index (χ0n) is 38.0. The largest absolute Gasteiger partial charge is 0.443 e. The summed E-state index contributed by atoms with van der Waals surface area (Å²) in [5.41, 5.74) is 3.78. The van der Waals surface area contributed by atoms with Crippen LogP contribution in [0, 0.1) is 0 Å². The molecule has 2 aromatic carbocycles. The number of likely N-dealkylation sites (tertiary alicyclic amines) is 2. The number of amides is 8. The van der Waals surface area contributed by atoms with Crippen molar-refractivity contribution < 1.29 is 58.0 Å². The van der Waals surface area contributed by atoms with E-state index in [1.54, 1.807) is 64.6 Å². The Balaban J connectivity index is 0.829. The van der Waals surface area contributed by atoms with Gasteiger partial charge in [-0.2, -0.15) is 9.80 Å². The minimum atomic E-state index is -1.18. The van der Waals surface area contributed by atoms with E-state index in [1.165, 1.54) is 4.90 Å². The van der Waals surface area contributed by atoms with E-state index in [4.69, 9.17) is 9.47 Å². The number of carbonyl (C=O) groups excluding carboxylic acids is 8. The fourth-order valence-electron chi connectivity index (χ4n) is 9.31. The molecular formula is C47H60N6O12. The second-order valence-corrected chi connectivity index (χ2v) is 19.5. The van der Waals surface area contributed by atoms with Crippen molar-refractivity contribution in [2.45, 2.75) is 174 Å². The molecule has 8 rings (SSSR count). The first-order chi connectivity index (χ1) is 30.6. The fourth-order valence-corrected chi connectivity index (χ4v) is 9.31. The number of unbranched alkanes of at least 4 members (excludes halogenated alkanes) is 5. The minimum absolute atomic E-state index is 0.0615. The number of carbonyl (C=O) groups is 8. The molecule has 65 heavy (non-hydrogen) atoms. The van der Waals surface area contributed by atoms with Crippen LogP contribution in [0.4, 0.5) is 21.0 Å². The molecule has 4 N–H and O–H groups in total. The van der Waals surface area contributed by atoms with E-state index in [0.717, 1.165) is 42.4 Å². The van der Waals surface area contributed by atoms with Crippen LogP contribution in [-0.4, -0.2) is 101 Å². The molecular weight excluding hydrogens is 841 g/mol. The molecule has 18 nitrogen and oxygen atoms in total. The van der Waals surface area contributed by atoms with Crippen molar-refractivity contribution in [3.8, 4) is 0 Å². The number of ether oxygens (including phenoxy) is 2. The molecule has 350 valence electrons. The number of nitrogens with one attached hydrogen (secondary N) is 2. The number of nitrogens with zero attached hydrogens (tertiary/aromatic N) is 4. The van der Waals surface area contributed by atoms with Gasteiger partial charge in [0.15, 0.2) is 0 Å². The van der Waals surface area contributed by atoms with Crippen LogP contribution in [0.25, 0.3) is 0 Å². The highest BCUT2D eigenvalue weighted by Gasteiger charge is 2.49. The Kier molecular flexibility index (Phi) is 13.7. The Morgan fingerprint density at radius 2 is 1.14 bits per heavy atom. The lowest BCUT2D eigenvalue weighted by atomic mass is 9.83. The summed E-state index contributed by atoms with van der Waals surface area (Å²) in [7, 11) is 0. The van der Waals surface area contributed by atoms with Crippen LogP contribution >= 0.6 is 0 Å². The van der Waals surface area contributed by atoms with Gasteiger partial charge in [-0.25, -0.2) is 9.59 Å². The van der Waals surface area contributed by atoms with Crippen LogP contribution in [0.3, 0.4) is 0 Å². The molecule has 2 saturated heterocycles. The third-order valence-electron chi connectivity index (χ3n) is 12.4. The molecule has 0 aromatic heterocycles. The Bertz CT molecular complexity index is 2300. The number of rotatable bonds is 13. The maximum Gasteiger partial charge on any atom is 0.424 e. The summed E-state index contributed by atoms with van der Waals surface area (Å²) in [4.78, 5) is 108. The van der Waals surface area contributed by atoms with Crippen LogP contribution < -0.4 is 10.6 Å². The van der Waals surface area contributed by atoms with Gasteiger partial charge in [0.2, 0.25) is 23.6 Å². The second kappa shape index (κ2) is 18.7. The van der Waals surface area contributed by atoms with E-state index in [1.807, 2.05) is 6.07 Å². The molecule has 4 aliphatic heterocycles. The number of aliphatic hydroxyl groups is 2. The number of fused-ring (bicyclic) bond motifs is 1. The second-order valence-electron chi connectivity index (χ2n) is 19.5. The predicted molar refractivity (Wildman–Crippen MR) is 233 cm³/mol. The summed E-state index contributed by atoms with van der Waals surface area (Å²) in [5.74, 6) is -3.15. The Labute approximate surface area is 377 Å². The molecule has 0 saturated carbocycles. The van der Waals surface area contributed by atoms with Gasteiger partial charge in [-0.3, -0.25) is 38.6 Å². The third kappa shape index (κ3) is 10.1. The SMILES string of the molecule is CC(C)(C)OC(=O)N1C(=O)CCC(N2Cc3c(NC(=O)CCCCCCCCC(=O)Nc4c5cc(c6c4CN(C4CCC(=O)N(C(=O)OC(C)(C)C)C4=O)C6O)C5)cccc3C2O)C1=O. The molecule has 2 aliphatic carbocycles. The Hall–Kier alpha value is -5.56. The van der Waals surface area contributed by atoms with Crippen molar-refractivity contribution >= 4 is 59.0 Å². The van der Waals surface area contributed by atoms with E-state index in [-0.39, 0.29) is 57.0 Å². The molecule has 6 aliphatic rings. The topological polar surface area (TPSA) is 232 Å². The van der Waals surface area contributed by atoms with Crippen molar-refractivity contribution in [2.24, 2.45) is 0 Å². The van der Waals surface area contributed by atoms with Gasteiger partial charge in [0.05, 0.1) is 12.1 Å². The molecule has 0 spiro atoms. The summed E-state index contributed by atoms with van der Waals surface area (Å²) in [6.07, 6.45) is 1.54. The fraction of sp³-hybridized carbons (Fsp3) is 0.574. The smallest absolute Gasteiger partial charge is 0.424 e. The van der Waals surface area contributed by atoms with E-state index in [9.17, 15) is 48.6 Å². The monoisotopic (exact) mass is 900 g/mol. The molecule has 18 heteroatoms. The lowest BCUT2D eigenvalue weighted by Gasteiger charge is -2.36. The van der Waals surface area contributed by atoms with Crippen molar-refractivity contribution in [1.29, 1.82) is 0 Å². The highest BCUT2D eigenvalue weighted by molar-refractivity contribution is 6.13. The van der Waals surface area contributed by atoms with Gasteiger partial charge in [0.25, 0.3) is 11.8 Å². The van der Waals surface area contributed by atoms with E-state index in [0.29, 0.717) is 63.5 Å². The number of aliphatic hydroxyl groups excluding tert-OH is 2. The number of hydrogen-bond donors (Lipinski definition) is 4. The van der Waals surface area contributed by atoms with E-state index < -0.39 is 71.6 Å². The highest BCUT2D eigenvalue weighted by Crippen LogP contribution is 2.48. The summed E-state index contributed by atoms with van der Waals surface area (Å²) in [6.45, 7) is 10.1. The Morgan fingerprint density at radius 3 is 1.66 bits per heavy atom. The molecule has 8 amide bonds. The van der Waals surface area contributed by atoms with Crippen LogP contribution in [0.5, 0.6) is 0 Å². The summed E-state index contributed by atoms with van der Waals surface area (Å²) < 4.78 is 10.6. The number of imide groups is 6.